The lowest BCUT2D eigenvalue weighted by Crippen LogP contribution is -2.14. The first-order chi connectivity index (χ1) is 7.65. The van der Waals surface area contributed by atoms with Crippen LogP contribution in [0.3, 0.4) is 0 Å². The minimum absolute atomic E-state index is 0.0149. The van der Waals surface area contributed by atoms with Crippen molar-refractivity contribution in [3.63, 3.8) is 0 Å². The van der Waals surface area contributed by atoms with Crippen LogP contribution in [0.4, 0.5) is 11.8 Å². The number of hydrogen-bond donors (Lipinski definition) is 2. The van der Waals surface area contributed by atoms with E-state index in [0.717, 1.165) is 0 Å². The van der Waals surface area contributed by atoms with Gasteiger partial charge in [-0.3, -0.25) is 10.1 Å². The lowest BCUT2D eigenvalue weighted by Gasteiger charge is -1.98. The van der Waals surface area contributed by atoms with Gasteiger partial charge in [0.25, 0.3) is 5.91 Å². The Bertz CT molecular complexity index is 506. The van der Waals surface area contributed by atoms with E-state index in [4.69, 9.17) is 10.2 Å². The van der Waals surface area contributed by atoms with Crippen molar-refractivity contribution in [2.75, 3.05) is 11.1 Å². The zero-order valence-corrected chi connectivity index (χ0v) is 8.34. The van der Waals surface area contributed by atoms with Crippen molar-refractivity contribution in [3.8, 4) is 0 Å². The second-order valence-corrected chi connectivity index (χ2v) is 2.92. The maximum Gasteiger partial charge on any atom is 0.322 e. The number of carbonyl (C=O) groups excluding carboxylic acids is 1. The van der Waals surface area contributed by atoms with Crippen molar-refractivity contribution in [3.05, 3.63) is 23.7 Å². The summed E-state index contributed by atoms with van der Waals surface area (Å²) >= 11 is 0. The normalized spacial score (nSPS) is 10.1. The maximum atomic E-state index is 11.6. The van der Waals surface area contributed by atoms with Gasteiger partial charge in [0, 0.05) is 6.92 Å². The predicted molar refractivity (Wildman–Crippen MR) is 53.4 cm³/mol. The number of nitrogens with zero attached hydrogens (tertiary/aromatic N) is 4. The zero-order chi connectivity index (χ0) is 11.5. The van der Waals surface area contributed by atoms with E-state index in [9.17, 15) is 4.79 Å². The monoisotopic (exact) mass is 220 g/mol. The number of rotatable bonds is 2. The smallest absolute Gasteiger partial charge is 0.322 e. The van der Waals surface area contributed by atoms with Crippen molar-refractivity contribution in [2.45, 2.75) is 6.92 Å². The van der Waals surface area contributed by atoms with Crippen LogP contribution < -0.4 is 11.1 Å². The molecule has 82 valence electrons. The molecule has 2 aromatic rings. The topological polar surface area (TPSA) is 120 Å². The molecule has 16 heavy (non-hydrogen) atoms. The molecular formula is C8H8N6O2. The van der Waals surface area contributed by atoms with Crippen LogP contribution in [0.25, 0.3) is 0 Å². The summed E-state index contributed by atoms with van der Waals surface area (Å²) in [6.07, 6.45) is 0. The van der Waals surface area contributed by atoms with E-state index >= 15 is 0 Å². The van der Waals surface area contributed by atoms with Gasteiger partial charge in [0.1, 0.15) is 5.82 Å². The molecule has 0 saturated heterocycles. The lowest BCUT2D eigenvalue weighted by molar-refractivity contribution is 0.101. The summed E-state index contributed by atoms with van der Waals surface area (Å²) in [7, 11) is 0. The van der Waals surface area contributed by atoms with Gasteiger partial charge in [-0.2, -0.15) is 0 Å². The van der Waals surface area contributed by atoms with E-state index in [-0.39, 0.29) is 17.5 Å². The predicted octanol–water partition coefficient (Wildman–Crippen LogP) is 0.00252. The molecule has 0 unspecified atom stereocenters. The quantitative estimate of drug-likeness (QED) is 0.730. The fourth-order valence-electron chi connectivity index (χ4n) is 0.972. The van der Waals surface area contributed by atoms with Crippen molar-refractivity contribution < 1.29 is 9.21 Å². The van der Waals surface area contributed by atoms with Gasteiger partial charge < -0.3 is 10.2 Å². The average molecular weight is 220 g/mol. The number of nitrogen functional groups attached to an aromatic ring is 1. The number of aromatic nitrogens is 4. The Morgan fingerprint density at radius 2 is 2.12 bits per heavy atom. The maximum absolute atomic E-state index is 11.6. The van der Waals surface area contributed by atoms with E-state index in [0.29, 0.717) is 5.89 Å². The lowest BCUT2D eigenvalue weighted by atomic mass is 10.3. The summed E-state index contributed by atoms with van der Waals surface area (Å²) in [6, 6.07) is 2.93. The van der Waals surface area contributed by atoms with E-state index < -0.39 is 5.91 Å². The molecule has 2 aromatic heterocycles. The Labute approximate surface area is 89.9 Å². The van der Waals surface area contributed by atoms with E-state index in [2.05, 4.69) is 25.7 Å². The van der Waals surface area contributed by atoms with Crippen LogP contribution in [0.1, 0.15) is 16.4 Å². The van der Waals surface area contributed by atoms with Crippen molar-refractivity contribution in [2.24, 2.45) is 0 Å². The SMILES string of the molecule is Cc1nnc(NC(=O)c2ccc(N)nn2)o1. The van der Waals surface area contributed by atoms with Gasteiger partial charge in [0.05, 0.1) is 0 Å². The molecule has 8 heteroatoms. The van der Waals surface area contributed by atoms with Gasteiger partial charge in [-0.05, 0) is 12.1 Å². The highest BCUT2D eigenvalue weighted by Crippen LogP contribution is 2.06. The summed E-state index contributed by atoms with van der Waals surface area (Å²) < 4.78 is 4.97. The molecular weight excluding hydrogens is 212 g/mol. The molecule has 1 amide bonds. The van der Waals surface area contributed by atoms with Gasteiger partial charge in [-0.25, -0.2) is 0 Å². The van der Waals surface area contributed by atoms with E-state index in [1.54, 1.807) is 6.92 Å². The fraction of sp³-hybridized carbons (Fsp3) is 0.125. The molecule has 8 nitrogen and oxygen atoms in total. The van der Waals surface area contributed by atoms with E-state index in [1.165, 1.54) is 12.1 Å². The highest BCUT2D eigenvalue weighted by atomic mass is 16.4. The number of nitrogens with two attached hydrogens (primary N) is 1. The van der Waals surface area contributed by atoms with Crippen LogP contribution in [-0.2, 0) is 0 Å². The molecule has 0 spiro atoms. The van der Waals surface area contributed by atoms with Gasteiger partial charge in [0.2, 0.25) is 5.89 Å². The van der Waals surface area contributed by atoms with Crippen LogP contribution in [0, 0.1) is 6.92 Å². The second kappa shape index (κ2) is 3.93. The van der Waals surface area contributed by atoms with E-state index in [1.807, 2.05) is 0 Å². The molecule has 0 aromatic carbocycles. The third-order valence-corrected chi connectivity index (χ3v) is 1.66. The molecule has 3 N–H and O–H groups in total. The van der Waals surface area contributed by atoms with Crippen molar-refractivity contribution >= 4 is 17.7 Å². The minimum atomic E-state index is -0.490. The summed E-state index contributed by atoms with van der Waals surface area (Å²) in [4.78, 5) is 11.6. The summed E-state index contributed by atoms with van der Waals surface area (Å²) in [6.45, 7) is 1.62. The van der Waals surface area contributed by atoms with Gasteiger partial charge in [-0.1, -0.05) is 5.10 Å². The third-order valence-electron chi connectivity index (χ3n) is 1.66. The Hall–Kier alpha value is -2.51. The Kier molecular flexibility index (Phi) is 2.46. The number of amides is 1. The molecule has 2 heterocycles. The highest BCUT2D eigenvalue weighted by Gasteiger charge is 2.11. The molecule has 0 aliphatic carbocycles. The van der Waals surface area contributed by atoms with Crippen molar-refractivity contribution in [1.29, 1.82) is 0 Å². The van der Waals surface area contributed by atoms with Crippen LogP contribution in [0.5, 0.6) is 0 Å². The van der Waals surface area contributed by atoms with Gasteiger partial charge >= 0.3 is 6.01 Å². The first-order valence-corrected chi connectivity index (χ1v) is 4.36. The molecule has 0 radical (unpaired) electrons. The first-order valence-electron chi connectivity index (χ1n) is 4.36. The van der Waals surface area contributed by atoms with Crippen LogP contribution in [0.2, 0.25) is 0 Å². The highest BCUT2D eigenvalue weighted by molar-refractivity contribution is 6.01. The molecule has 0 bridgehead atoms. The van der Waals surface area contributed by atoms with Gasteiger partial charge in [0.15, 0.2) is 5.69 Å². The first kappa shape index (κ1) is 10.0. The molecule has 2 rings (SSSR count). The summed E-state index contributed by atoms with van der Waals surface area (Å²) in [5.74, 6) is 0.111. The number of nitrogens with one attached hydrogen (secondary N) is 1. The Morgan fingerprint density at radius 3 is 2.69 bits per heavy atom. The van der Waals surface area contributed by atoms with Crippen LogP contribution >= 0.6 is 0 Å². The zero-order valence-electron chi connectivity index (χ0n) is 8.34. The molecule has 0 saturated carbocycles. The Morgan fingerprint density at radius 1 is 1.31 bits per heavy atom. The number of hydrogen-bond acceptors (Lipinski definition) is 7. The minimum Gasteiger partial charge on any atom is -0.408 e. The number of anilines is 2. The summed E-state index contributed by atoms with van der Waals surface area (Å²) in [5.41, 5.74) is 5.45. The molecule has 0 atom stereocenters. The number of aryl methyl sites for hydroxylation is 1. The van der Waals surface area contributed by atoms with Crippen molar-refractivity contribution in [1.82, 2.24) is 20.4 Å². The third kappa shape index (κ3) is 2.11. The Balaban J connectivity index is 2.11. The van der Waals surface area contributed by atoms with Gasteiger partial charge in [-0.15, -0.1) is 15.3 Å². The summed E-state index contributed by atoms with van der Waals surface area (Å²) in [5, 5.41) is 16.7. The molecule has 0 aliphatic heterocycles. The molecule has 0 fully saturated rings. The number of carbonyl (C=O) groups is 1. The average Bonchev–Trinajstić information content (AvgIpc) is 2.65. The van der Waals surface area contributed by atoms with Crippen LogP contribution in [0.15, 0.2) is 16.5 Å². The van der Waals surface area contributed by atoms with Crippen LogP contribution in [-0.4, -0.2) is 26.3 Å². The molecule has 0 aliphatic rings. The second-order valence-electron chi connectivity index (χ2n) is 2.92. The largest absolute Gasteiger partial charge is 0.408 e. The fourth-order valence-corrected chi connectivity index (χ4v) is 0.972. The standard InChI is InChI=1S/C8H8N6O2/c1-4-11-14-8(16-4)10-7(15)5-2-3-6(9)13-12-5/h2-3H,1H3,(H2,9,13)(H,10,14,15).